The van der Waals surface area contributed by atoms with Gasteiger partial charge >= 0.3 is 0 Å². The number of hydrogen-bond donors (Lipinski definition) is 0. The molecule has 0 aliphatic heterocycles. The lowest BCUT2D eigenvalue weighted by Crippen LogP contribution is -2.45. The fourth-order valence-corrected chi connectivity index (χ4v) is 7.22. The predicted octanol–water partition coefficient (Wildman–Crippen LogP) is 5.42. The molecule has 218 valence electrons. The second-order valence-corrected chi connectivity index (χ2v) is 14.3. The van der Waals surface area contributed by atoms with E-state index in [4.69, 9.17) is 12.5 Å². The van der Waals surface area contributed by atoms with E-state index in [-0.39, 0.29) is 33.4 Å². The van der Waals surface area contributed by atoms with Crippen molar-refractivity contribution < 1.29 is 37.8 Å². The van der Waals surface area contributed by atoms with Gasteiger partial charge in [-0.25, -0.2) is 8.37 Å². The fourth-order valence-electron chi connectivity index (χ4n) is 3.93. The molecule has 0 saturated carbocycles. The molecule has 0 saturated heterocycles. The van der Waals surface area contributed by atoms with Crippen LogP contribution < -0.4 is 0 Å². The first kappa shape index (κ1) is 31.9. The molecule has 0 aliphatic rings. The van der Waals surface area contributed by atoms with Crippen LogP contribution in [0.4, 0.5) is 0 Å². The summed E-state index contributed by atoms with van der Waals surface area (Å²) in [6.07, 6.45) is 1.56. The van der Waals surface area contributed by atoms with E-state index in [1.165, 1.54) is 60.7 Å². The van der Waals surface area contributed by atoms with Crippen LogP contribution in [-0.2, 0) is 42.9 Å². The molecule has 2 unspecified atom stereocenters. The molecule has 0 heterocycles. The summed E-state index contributed by atoms with van der Waals surface area (Å²) in [5.41, 5.74) is 0.791. The van der Waals surface area contributed by atoms with Crippen molar-refractivity contribution in [1.82, 2.24) is 0 Å². The Balaban J connectivity index is 2.10. The second-order valence-electron chi connectivity index (χ2n) is 9.57. The van der Waals surface area contributed by atoms with Crippen LogP contribution in [0, 0.1) is 12.8 Å². The molecule has 3 aromatic rings. The molecule has 0 spiro atoms. The number of benzene rings is 3. The molecule has 9 nitrogen and oxygen atoms in total. The fraction of sp³-hybridized carbons (Fsp3) is 0.357. The molecule has 0 amide bonds. The molecule has 0 N–H and O–H groups in total. The zero-order valence-corrected chi connectivity index (χ0v) is 25.0. The summed E-state index contributed by atoms with van der Waals surface area (Å²) in [6.45, 7) is 4.62. The normalized spacial score (nSPS) is 14.9. The molecular weight excluding hydrogens is 577 g/mol. The number of aryl methyl sites for hydroxylation is 1. The molecule has 0 fully saturated rings. The maximum absolute atomic E-state index is 13.4. The summed E-state index contributed by atoms with van der Waals surface area (Å²) in [4.78, 5) is -0.713. The first-order chi connectivity index (χ1) is 18.8. The van der Waals surface area contributed by atoms with Gasteiger partial charge in [0.05, 0.1) is 14.7 Å². The average molecular weight is 611 g/mol. The Labute approximate surface area is 237 Å². The lowest BCUT2D eigenvalue weighted by molar-refractivity contribution is -0.137. The quantitative estimate of drug-likeness (QED) is 0.163. The van der Waals surface area contributed by atoms with E-state index < -0.39 is 42.7 Å². The Morgan fingerprint density at radius 2 is 1.10 bits per heavy atom. The molecular formula is C28H34O9S3. The summed E-state index contributed by atoms with van der Waals surface area (Å²) >= 11 is 0. The third-order valence-corrected chi connectivity index (χ3v) is 10.2. The van der Waals surface area contributed by atoms with E-state index in [2.05, 4.69) is 0 Å². The van der Waals surface area contributed by atoms with Crippen LogP contribution in [0.25, 0.3) is 0 Å². The van der Waals surface area contributed by atoms with Crippen molar-refractivity contribution in [1.29, 1.82) is 0 Å². The van der Waals surface area contributed by atoms with Crippen LogP contribution in [0.5, 0.6) is 0 Å². The zero-order valence-electron chi connectivity index (χ0n) is 22.6. The highest BCUT2D eigenvalue weighted by molar-refractivity contribution is 7.87. The van der Waals surface area contributed by atoms with E-state index in [0.717, 1.165) is 18.4 Å². The largest absolute Gasteiger partial charge is 0.299 e. The van der Waals surface area contributed by atoms with Crippen molar-refractivity contribution in [3.8, 4) is 0 Å². The third kappa shape index (κ3) is 8.69. The molecule has 0 radical (unpaired) electrons. The van der Waals surface area contributed by atoms with Crippen LogP contribution >= 0.6 is 0 Å². The van der Waals surface area contributed by atoms with E-state index in [0.29, 0.717) is 0 Å². The lowest BCUT2D eigenvalue weighted by Gasteiger charge is -2.32. The van der Waals surface area contributed by atoms with Crippen molar-refractivity contribution in [3.05, 3.63) is 90.5 Å². The Morgan fingerprint density at radius 1 is 0.650 bits per heavy atom. The van der Waals surface area contributed by atoms with E-state index >= 15 is 0 Å². The van der Waals surface area contributed by atoms with Crippen molar-refractivity contribution >= 4 is 30.4 Å². The van der Waals surface area contributed by atoms with Gasteiger partial charge in [-0.3, -0.25) is 4.18 Å². The van der Waals surface area contributed by atoms with Crippen LogP contribution in [0.2, 0.25) is 0 Å². The van der Waals surface area contributed by atoms with Gasteiger partial charge in [-0.1, -0.05) is 80.8 Å². The molecule has 3 rings (SSSR count). The van der Waals surface area contributed by atoms with Gasteiger partial charge < -0.3 is 0 Å². The number of hydrogen-bond acceptors (Lipinski definition) is 9. The Morgan fingerprint density at radius 3 is 1.57 bits per heavy atom. The van der Waals surface area contributed by atoms with E-state index in [1.54, 1.807) is 31.2 Å². The van der Waals surface area contributed by atoms with Gasteiger partial charge in [0.15, 0.2) is 0 Å². The van der Waals surface area contributed by atoms with Crippen molar-refractivity contribution in [2.45, 2.75) is 66.9 Å². The highest BCUT2D eigenvalue weighted by Crippen LogP contribution is 2.34. The van der Waals surface area contributed by atoms with Gasteiger partial charge in [0, 0.05) is 6.42 Å². The second kappa shape index (κ2) is 13.4. The highest BCUT2D eigenvalue weighted by atomic mass is 32.2. The first-order valence-corrected chi connectivity index (χ1v) is 17.0. The maximum Gasteiger partial charge on any atom is 0.299 e. The van der Waals surface area contributed by atoms with Gasteiger partial charge in [-0.2, -0.15) is 25.3 Å². The van der Waals surface area contributed by atoms with Gasteiger partial charge in [-0.05, 0) is 55.7 Å². The van der Waals surface area contributed by atoms with Crippen LogP contribution in [0.3, 0.4) is 0 Å². The molecule has 0 bridgehead atoms. The summed E-state index contributed by atoms with van der Waals surface area (Å²) in [5.74, 6) is -2.52. The Bertz CT molecular complexity index is 1550. The highest BCUT2D eigenvalue weighted by Gasteiger charge is 2.45. The minimum Gasteiger partial charge on any atom is -0.261 e. The molecule has 12 heteroatoms. The monoisotopic (exact) mass is 610 g/mol. The molecule has 40 heavy (non-hydrogen) atoms. The van der Waals surface area contributed by atoms with E-state index in [1.807, 2.05) is 13.8 Å². The lowest BCUT2D eigenvalue weighted by atomic mass is 9.97. The van der Waals surface area contributed by atoms with Gasteiger partial charge in [0.2, 0.25) is 5.79 Å². The van der Waals surface area contributed by atoms with Crippen molar-refractivity contribution in [3.63, 3.8) is 0 Å². The van der Waals surface area contributed by atoms with Crippen molar-refractivity contribution in [2.75, 3.05) is 6.61 Å². The standard InChI is InChI=1S/C28H34O9S3/c1-4-11-23(2)20-21-28(36-39(31,32)26-14-9-6-10-15-26,22-35-38(29,30)25-12-7-5-8-13-25)37-40(33,34)27-18-16-24(3)17-19-27/h5-10,12-19,23H,4,11,20-22H2,1-3H3. The predicted molar refractivity (Wildman–Crippen MR) is 150 cm³/mol. The summed E-state index contributed by atoms with van der Waals surface area (Å²) in [5, 5.41) is 0. The first-order valence-electron chi connectivity index (χ1n) is 12.8. The molecule has 2 atom stereocenters. The smallest absolute Gasteiger partial charge is 0.261 e. The van der Waals surface area contributed by atoms with Gasteiger partial charge in [0.25, 0.3) is 30.4 Å². The zero-order chi connectivity index (χ0) is 29.4. The Kier molecular flexibility index (Phi) is 10.7. The third-order valence-electron chi connectivity index (χ3n) is 6.13. The SMILES string of the molecule is CCCC(C)CCC(COS(=O)(=O)c1ccccc1)(OS(=O)(=O)c1ccccc1)OS(=O)(=O)c1ccc(C)cc1. The maximum atomic E-state index is 13.4. The van der Waals surface area contributed by atoms with Crippen LogP contribution in [0.1, 0.15) is 45.1 Å². The summed E-state index contributed by atoms with van der Waals surface area (Å²) < 4.78 is 96.0. The minimum absolute atomic E-state index is 0.0174. The van der Waals surface area contributed by atoms with E-state index in [9.17, 15) is 25.3 Å². The van der Waals surface area contributed by atoms with Crippen LogP contribution in [-0.4, -0.2) is 37.6 Å². The van der Waals surface area contributed by atoms with Gasteiger partial charge in [-0.15, -0.1) is 0 Å². The molecule has 0 aromatic heterocycles. The minimum atomic E-state index is -4.65. The van der Waals surface area contributed by atoms with Crippen molar-refractivity contribution in [2.24, 2.45) is 5.92 Å². The summed E-state index contributed by atoms with van der Waals surface area (Å²) in [6, 6.07) is 20.0. The topological polar surface area (TPSA) is 130 Å². The molecule has 3 aromatic carbocycles. The average Bonchev–Trinajstić information content (AvgIpc) is 2.92. The van der Waals surface area contributed by atoms with Crippen LogP contribution in [0.15, 0.2) is 99.6 Å². The summed E-state index contributed by atoms with van der Waals surface area (Å²) in [7, 11) is -13.7. The molecule has 0 aliphatic carbocycles. The Hall–Kier alpha value is -2.61. The van der Waals surface area contributed by atoms with Gasteiger partial charge in [0.1, 0.15) is 6.61 Å². The number of rotatable bonds is 15.